The summed E-state index contributed by atoms with van der Waals surface area (Å²) >= 11 is 0. The normalized spacial score (nSPS) is 19.7. The van der Waals surface area contributed by atoms with E-state index >= 15 is 0 Å². The number of ketones is 1. The predicted molar refractivity (Wildman–Crippen MR) is 137 cm³/mol. The topological polar surface area (TPSA) is 95.1 Å². The molecule has 2 atom stereocenters. The van der Waals surface area contributed by atoms with Crippen LogP contribution in [0.5, 0.6) is 23.0 Å². The number of fused-ring (bicyclic) bond motifs is 2. The van der Waals surface area contributed by atoms with E-state index in [1.807, 2.05) is 54.6 Å². The minimum absolute atomic E-state index is 0.0000379. The number of hydrogen-bond donors (Lipinski definition) is 2. The van der Waals surface area contributed by atoms with Crippen LogP contribution in [0.1, 0.15) is 42.9 Å². The highest BCUT2D eigenvalue weighted by atomic mass is 16.7. The summed E-state index contributed by atoms with van der Waals surface area (Å²) in [5.41, 5.74) is 5.23. The third-order valence-corrected chi connectivity index (χ3v) is 6.95. The summed E-state index contributed by atoms with van der Waals surface area (Å²) in [6.07, 6.45) is 1.03. The molecule has 0 saturated heterocycles. The fourth-order valence-electron chi connectivity index (χ4n) is 5.25. The molecule has 1 aliphatic carbocycles. The molecule has 0 radical (unpaired) electrons. The van der Waals surface area contributed by atoms with Crippen LogP contribution < -0.4 is 29.6 Å². The zero-order valence-electron chi connectivity index (χ0n) is 20.5. The second-order valence-corrected chi connectivity index (χ2v) is 9.29. The molecular formula is C29H26N2O6. The number of ether oxygens (including phenoxy) is 4. The Hall–Kier alpha value is -4.46. The Bertz CT molecular complexity index is 1450. The van der Waals surface area contributed by atoms with Crippen LogP contribution in [0.2, 0.25) is 0 Å². The zero-order valence-corrected chi connectivity index (χ0v) is 20.5. The molecule has 0 aromatic heterocycles. The van der Waals surface area contributed by atoms with E-state index < -0.39 is 12.0 Å². The van der Waals surface area contributed by atoms with Gasteiger partial charge < -0.3 is 29.6 Å². The smallest absolute Gasteiger partial charge is 0.308 e. The Labute approximate surface area is 214 Å². The lowest BCUT2D eigenvalue weighted by Crippen LogP contribution is -2.27. The SMILES string of the molecule is COc1cc([C@H]2Nc3ccccc3NC3=C2C(=O)C[C@@H](c2ccc4c(c2)OCO4)C3)ccc1OC(C)=O. The Balaban J connectivity index is 1.42. The summed E-state index contributed by atoms with van der Waals surface area (Å²) in [6, 6.07) is 18.7. The maximum absolute atomic E-state index is 13.8. The monoisotopic (exact) mass is 498 g/mol. The van der Waals surface area contributed by atoms with Gasteiger partial charge in [-0.2, -0.15) is 0 Å². The number of anilines is 2. The summed E-state index contributed by atoms with van der Waals surface area (Å²) < 4.78 is 21.8. The molecule has 0 spiro atoms. The van der Waals surface area contributed by atoms with E-state index in [-0.39, 0.29) is 18.5 Å². The van der Waals surface area contributed by atoms with E-state index in [0.717, 1.165) is 33.9 Å². The van der Waals surface area contributed by atoms with Crippen molar-refractivity contribution in [1.29, 1.82) is 0 Å². The summed E-state index contributed by atoms with van der Waals surface area (Å²) in [4.78, 5) is 25.3. The van der Waals surface area contributed by atoms with Crippen molar-refractivity contribution < 1.29 is 28.5 Å². The van der Waals surface area contributed by atoms with Crippen LogP contribution in [0.4, 0.5) is 11.4 Å². The number of para-hydroxylation sites is 2. The lowest BCUT2D eigenvalue weighted by atomic mass is 9.78. The first kappa shape index (κ1) is 23.0. The molecule has 0 fully saturated rings. The Kier molecular flexibility index (Phi) is 5.71. The third-order valence-electron chi connectivity index (χ3n) is 6.95. The maximum Gasteiger partial charge on any atom is 0.308 e. The van der Waals surface area contributed by atoms with E-state index in [2.05, 4.69) is 10.6 Å². The fraction of sp³-hybridized carbons (Fsp3) is 0.241. The molecule has 8 heteroatoms. The molecule has 2 heterocycles. The van der Waals surface area contributed by atoms with E-state index in [9.17, 15) is 9.59 Å². The van der Waals surface area contributed by atoms with Crippen molar-refractivity contribution in [3.8, 4) is 23.0 Å². The van der Waals surface area contributed by atoms with E-state index in [0.29, 0.717) is 35.7 Å². The van der Waals surface area contributed by atoms with Crippen molar-refractivity contribution in [2.24, 2.45) is 0 Å². The highest BCUT2D eigenvalue weighted by molar-refractivity contribution is 6.01. The molecule has 8 nitrogen and oxygen atoms in total. The highest BCUT2D eigenvalue weighted by Crippen LogP contribution is 2.46. The van der Waals surface area contributed by atoms with Crippen LogP contribution >= 0.6 is 0 Å². The highest BCUT2D eigenvalue weighted by Gasteiger charge is 2.36. The predicted octanol–water partition coefficient (Wildman–Crippen LogP) is 5.33. The summed E-state index contributed by atoms with van der Waals surface area (Å²) in [5.74, 6) is 1.82. The van der Waals surface area contributed by atoms with Gasteiger partial charge in [-0.1, -0.05) is 24.3 Å². The molecule has 2 N–H and O–H groups in total. The van der Waals surface area contributed by atoms with Crippen LogP contribution in [-0.4, -0.2) is 25.7 Å². The van der Waals surface area contributed by atoms with Gasteiger partial charge in [0, 0.05) is 24.6 Å². The van der Waals surface area contributed by atoms with E-state index in [1.165, 1.54) is 14.0 Å². The molecular weight excluding hydrogens is 472 g/mol. The van der Waals surface area contributed by atoms with Gasteiger partial charge >= 0.3 is 5.97 Å². The average molecular weight is 499 g/mol. The Morgan fingerprint density at radius 1 is 0.919 bits per heavy atom. The van der Waals surface area contributed by atoms with E-state index in [4.69, 9.17) is 18.9 Å². The number of benzene rings is 3. The van der Waals surface area contributed by atoms with Gasteiger partial charge in [0.2, 0.25) is 6.79 Å². The van der Waals surface area contributed by atoms with Gasteiger partial charge in [-0.3, -0.25) is 9.59 Å². The number of Topliss-reactive ketones (excluding diaryl/α,β-unsaturated/α-hetero) is 1. The maximum atomic E-state index is 13.8. The molecule has 0 bridgehead atoms. The number of esters is 1. The minimum Gasteiger partial charge on any atom is -0.493 e. The van der Waals surface area contributed by atoms with Gasteiger partial charge in [0.15, 0.2) is 28.8 Å². The average Bonchev–Trinajstić information content (AvgIpc) is 3.29. The summed E-state index contributed by atoms with van der Waals surface area (Å²) in [7, 11) is 1.52. The third kappa shape index (κ3) is 4.24. The number of carbonyl (C=O) groups is 2. The van der Waals surface area contributed by atoms with Crippen molar-refractivity contribution >= 4 is 23.1 Å². The van der Waals surface area contributed by atoms with Gasteiger partial charge in [0.25, 0.3) is 0 Å². The second-order valence-electron chi connectivity index (χ2n) is 9.29. The first-order valence-corrected chi connectivity index (χ1v) is 12.1. The van der Waals surface area contributed by atoms with Crippen molar-refractivity contribution in [2.75, 3.05) is 24.5 Å². The van der Waals surface area contributed by atoms with Crippen molar-refractivity contribution in [2.45, 2.75) is 31.7 Å². The standard InChI is InChI=1S/C29H26N2O6/c1-16(32)37-25-10-8-18(14-26(25)34-2)29-28-22(30-20-5-3-4-6-21(20)31-29)11-19(12-23(28)33)17-7-9-24-27(13-17)36-15-35-24/h3-10,13-14,19,29-31H,11-12,15H2,1-2H3/t19-,29+/m0/s1. The quantitative estimate of drug-likeness (QED) is 0.368. The largest absolute Gasteiger partial charge is 0.493 e. The molecule has 188 valence electrons. The first-order valence-electron chi connectivity index (χ1n) is 12.1. The molecule has 3 aliphatic rings. The van der Waals surface area contributed by atoms with Crippen molar-refractivity contribution in [1.82, 2.24) is 0 Å². The lowest BCUT2D eigenvalue weighted by molar-refractivity contribution is -0.132. The molecule has 0 saturated carbocycles. The molecule has 0 amide bonds. The number of methoxy groups -OCH3 is 1. The molecule has 37 heavy (non-hydrogen) atoms. The van der Waals surface area contributed by atoms with Gasteiger partial charge in [-0.15, -0.1) is 0 Å². The van der Waals surface area contributed by atoms with Crippen LogP contribution in [0.25, 0.3) is 0 Å². The Morgan fingerprint density at radius 3 is 2.51 bits per heavy atom. The van der Waals surface area contributed by atoms with Gasteiger partial charge in [0.1, 0.15) is 0 Å². The first-order chi connectivity index (χ1) is 18.0. The van der Waals surface area contributed by atoms with Crippen LogP contribution in [-0.2, 0) is 9.59 Å². The molecule has 3 aromatic carbocycles. The number of carbonyl (C=O) groups excluding carboxylic acids is 2. The van der Waals surface area contributed by atoms with Gasteiger partial charge in [-0.25, -0.2) is 0 Å². The lowest BCUT2D eigenvalue weighted by Gasteiger charge is -2.30. The number of hydrogen-bond acceptors (Lipinski definition) is 8. The number of rotatable bonds is 4. The van der Waals surface area contributed by atoms with Crippen LogP contribution in [0.3, 0.4) is 0 Å². The fourth-order valence-corrected chi connectivity index (χ4v) is 5.25. The van der Waals surface area contributed by atoms with Crippen molar-refractivity contribution in [3.05, 3.63) is 83.1 Å². The minimum atomic E-state index is -0.432. The second kappa shape index (κ2) is 9.20. The van der Waals surface area contributed by atoms with Gasteiger partial charge in [-0.05, 0) is 59.9 Å². The van der Waals surface area contributed by atoms with Crippen molar-refractivity contribution in [3.63, 3.8) is 0 Å². The summed E-state index contributed by atoms with van der Waals surface area (Å²) in [6.45, 7) is 1.56. The zero-order chi connectivity index (χ0) is 25.5. The molecule has 3 aromatic rings. The summed E-state index contributed by atoms with van der Waals surface area (Å²) in [5, 5.41) is 7.11. The Morgan fingerprint density at radius 2 is 1.70 bits per heavy atom. The van der Waals surface area contributed by atoms with Crippen LogP contribution in [0.15, 0.2) is 71.9 Å². The molecule has 6 rings (SSSR count). The number of allylic oxidation sites excluding steroid dienone is 1. The van der Waals surface area contributed by atoms with E-state index in [1.54, 1.807) is 6.07 Å². The molecule has 0 unspecified atom stereocenters. The van der Waals surface area contributed by atoms with Gasteiger partial charge in [0.05, 0.1) is 24.5 Å². The molecule has 2 aliphatic heterocycles. The number of nitrogens with one attached hydrogen (secondary N) is 2. The van der Waals surface area contributed by atoms with Crippen LogP contribution in [0, 0.1) is 0 Å².